The molecule has 0 aromatic heterocycles. The molecule has 0 fully saturated rings. The first-order valence-electron chi connectivity index (χ1n) is 4.76. The van der Waals surface area contributed by atoms with Crippen LogP contribution in [0.4, 0.5) is 0 Å². The number of allylic oxidation sites excluding steroid dienone is 2. The van der Waals surface area contributed by atoms with E-state index in [1.165, 1.54) is 0 Å². The molecule has 3 nitrogen and oxygen atoms in total. The van der Waals surface area contributed by atoms with Crippen molar-refractivity contribution >= 4 is 5.97 Å². The smallest absolute Gasteiger partial charge is 0.309 e. The van der Waals surface area contributed by atoms with Crippen molar-refractivity contribution in [2.75, 3.05) is 0 Å². The van der Waals surface area contributed by atoms with Gasteiger partial charge in [-0.1, -0.05) is 12.2 Å². The summed E-state index contributed by atoms with van der Waals surface area (Å²) >= 11 is 0. The number of carboxylic acids is 1. The van der Waals surface area contributed by atoms with E-state index in [0.717, 1.165) is 0 Å². The predicted octanol–water partition coefficient (Wildman–Crippen LogP) is 1.98. The van der Waals surface area contributed by atoms with Gasteiger partial charge in [0.15, 0.2) is 0 Å². The van der Waals surface area contributed by atoms with E-state index in [1.54, 1.807) is 12.2 Å². The Morgan fingerprint density at radius 2 is 1.71 bits per heavy atom. The summed E-state index contributed by atoms with van der Waals surface area (Å²) in [5.41, 5.74) is 0. The summed E-state index contributed by atoms with van der Waals surface area (Å²) in [7, 11) is 0. The largest absolute Gasteiger partial charge is 0.481 e. The van der Waals surface area contributed by atoms with Gasteiger partial charge in [0.25, 0.3) is 0 Å². The molecule has 0 saturated carbocycles. The van der Waals surface area contributed by atoms with E-state index >= 15 is 0 Å². The number of carbonyl (C=O) groups is 1. The summed E-state index contributed by atoms with van der Waals surface area (Å²) < 4.78 is 0. The molecule has 14 heavy (non-hydrogen) atoms. The highest BCUT2D eigenvalue weighted by atomic mass is 16.4. The highest BCUT2D eigenvalue weighted by Crippen LogP contribution is 2.16. The monoisotopic (exact) mass is 198 g/mol. The minimum Gasteiger partial charge on any atom is -0.481 e. The molecule has 0 aromatic rings. The number of hydrogen-bond donors (Lipinski definition) is 2. The maximum absolute atomic E-state index is 10.8. The van der Waals surface area contributed by atoms with Gasteiger partial charge in [-0.3, -0.25) is 4.79 Å². The average Bonchev–Trinajstić information content (AvgIpc) is 2.14. The van der Waals surface area contributed by atoms with Gasteiger partial charge in [-0.25, -0.2) is 0 Å². The third kappa shape index (κ3) is 4.82. The van der Waals surface area contributed by atoms with E-state index in [9.17, 15) is 9.90 Å². The molecular weight excluding hydrogens is 180 g/mol. The molecule has 0 bridgehead atoms. The molecule has 0 radical (unpaired) electrons. The van der Waals surface area contributed by atoms with Gasteiger partial charge in [-0.05, 0) is 25.7 Å². The van der Waals surface area contributed by atoms with Crippen molar-refractivity contribution in [1.82, 2.24) is 0 Å². The minimum atomic E-state index is -0.941. The molecule has 0 aliphatic heterocycles. The molecule has 80 valence electrons. The maximum Gasteiger partial charge on any atom is 0.309 e. The molecule has 2 unspecified atom stereocenters. The van der Waals surface area contributed by atoms with Crippen molar-refractivity contribution in [3.8, 4) is 0 Å². The summed E-state index contributed by atoms with van der Waals surface area (Å²) in [6.45, 7) is 7.05. The van der Waals surface area contributed by atoms with Gasteiger partial charge in [0.1, 0.15) is 0 Å². The van der Waals surface area contributed by atoms with Gasteiger partial charge in [-0.2, -0.15) is 0 Å². The molecule has 0 aromatic carbocycles. The number of carboxylic acid groups (broad SMARTS) is 1. The lowest BCUT2D eigenvalue weighted by molar-refractivity contribution is -0.146. The fraction of sp³-hybridized carbons (Fsp3) is 0.545. The van der Waals surface area contributed by atoms with Crippen molar-refractivity contribution < 1.29 is 15.0 Å². The highest BCUT2D eigenvalue weighted by Gasteiger charge is 2.24. The van der Waals surface area contributed by atoms with Crippen LogP contribution in [0.2, 0.25) is 0 Å². The van der Waals surface area contributed by atoms with Crippen molar-refractivity contribution in [1.29, 1.82) is 0 Å². The lowest BCUT2D eigenvalue weighted by Gasteiger charge is -2.17. The Balaban J connectivity index is 4.09. The summed E-state index contributed by atoms with van der Waals surface area (Å²) in [5.74, 6) is -1.63. The molecule has 0 amide bonds. The summed E-state index contributed by atoms with van der Waals surface area (Å²) in [6, 6.07) is 0. The lowest BCUT2D eigenvalue weighted by atomic mass is 9.94. The number of rotatable bonds is 8. The van der Waals surface area contributed by atoms with E-state index in [1.807, 2.05) is 0 Å². The molecular formula is C11H18O3. The van der Waals surface area contributed by atoms with E-state index in [2.05, 4.69) is 13.2 Å². The molecule has 0 heterocycles. The van der Waals surface area contributed by atoms with Gasteiger partial charge >= 0.3 is 5.97 Å². The first-order valence-corrected chi connectivity index (χ1v) is 4.76. The Bertz CT molecular complexity index is 199. The van der Waals surface area contributed by atoms with Crippen LogP contribution < -0.4 is 0 Å². The van der Waals surface area contributed by atoms with Gasteiger partial charge in [0.05, 0.1) is 12.0 Å². The van der Waals surface area contributed by atoms with E-state index in [0.29, 0.717) is 25.7 Å². The van der Waals surface area contributed by atoms with Crippen LogP contribution in [0.25, 0.3) is 0 Å². The van der Waals surface area contributed by atoms with Crippen LogP contribution in [-0.2, 0) is 4.79 Å². The topological polar surface area (TPSA) is 57.5 Å². The normalized spacial score (nSPS) is 14.4. The zero-order chi connectivity index (χ0) is 11.0. The van der Waals surface area contributed by atoms with Crippen molar-refractivity contribution in [3.05, 3.63) is 25.3 Å². The van der Waals surface area contributed by atoms with E-state index < -0.39 is 18.0 Å². The van der Waals surface area contributed by atoms with Crippen molar-refractivity contribution in [2.45, 2.75) is 31.8 Å². The van der Waals surface area contributed by atoms with Gasteiger partial charge in [-0.15, -0.1) is 13.2 Å². The van der Waals surface area contributed by atoms with Crippen molar-refractivity contribution in [2.24, 2.45) is 5.92 Å². The first kappa shape index (κ1) is 12.9. The van der Waals surface area contributed by atoms with Gasteiger partial charge in [0.2, 0.25) is 0 Å². The third-order valence-electron chi connectivity index (χ3n) is 2.13. The van der Waals surface area contributed by atoms with E-state index in [4.69, 9.17) is 5.11 Å². The second kappa shape index (κ2) is 7.33. The van der Waals surface area contributed by atoms with Crippen LogP contribution in [0.1, 0.15) is 25.7 Å². The molecule has 0 saturated heterocycles. The highest BCUT2D eigenvalue weighted by molar-refractivity contribution is 5.70. The molecule has 3 heteroatoms. The fourth-order valence-electron chi connectivity index (χ4n) is 1.27. The maximum atomic E-state index is 10.8. The molecule has 2 N–H and O–H groups in total. The zero-order valence-electron chi connectivity index (χ0n) is 8.35. The minimum absolute atomic E-state index is 0.442. The number of hydrogen-bond acceptors (Lipinski definition) is 2. The number of aliphatic hydroxyl groups excluding tert-OH is 1. The quantitative estimate of drug-likeness (QED) is 0.586. The summed E-state index contributed by atoms with van der Waals surface area (Å²) in [4.78, 5) is 10.8. The lowest BCUT2D eigenvalue weighted by Crippen LogP contribution is -2.27. The van der Waals surface area contributed by atoms with Crippen molar-refractivity contribution in [3.63, 3.8) is 0 Å². The Labute approximate surface area is 84.8 Å². The third-order valence-corrected chi connectivity index (χ3v) is 2.13. The van der Waals surface area contributed by atoms with Crippen LogP contribution in [-0.4, -0.2) is 22.3 Å². The van der Waals surface area contributed by atoms with Crippen LogP contribution in [0.5, 0.6) is 0 Å². The molecule has 0 spiro atoms. The fourth-order valence-corrected chi connectivity index (χ4v) is 1.27. The van der Waals surface area contributed by atoms with Crippen LogP contribution >= 0.6 is 0 Å². The van der Waals surface area contributed by atoms with Crippen LogP contribution in [0.15, 0.2) is 25.3 Å². The second-order valence-corrected chi connectivity index (χ2v) is 3.24. The number of aliphatic hydroxyl groups is 1. The second-order valence-electron chi connectivity index (χ2n) is 3.24. The zero-order valence-corrected chi connectivity index (χ0v) is 8.35. The standard InChI is InChI=1S/C11H18O3/c1-3-5-7-9(11(13)14)10(12)8-6-4-2/h3-4,9-10,12H,1-2,5-8H2,(H,13,14). The Morgan fingerprint density at radius 1 is 1.21 bits per heavy atom. The SMILES string of the molecule is C=CCCC(O)C(CCC=C)C(=O)O. The molecule has 0 aliphatic carbocycles. The van der Waals surface area contributed by atoms with Gasteiger partial charge < -0.3 is 10.2 Å². The summed E-state index contributed by atoms with van der Waals surface area (Å²) in [6.07, 6.45) is 4.70. The van der Waals surface area contributed by atoms with Crippen LogP contribution in [0.3, 0.4) is 0 Å². The Kier molecular flexibility index (Phi) is 6.76. The van der Waals surface area contributed by atoms with E-state index in [-0.39, 0.29) is 0 Å². The first-order chi connectivity index (χ1) is 6.63. The average molecular weight is 198 g/mol. The summed E-state index contributed by atoms with van der Waals surface area (Å²) in [5, 5.41) is 18.4. The molecule has 0 rings (SSSR count). The van der Waals surface area contributed by atoms with Crippen LogP contribution in [0, 0.1) is 5.92 Å². The van der Waals surface area contributed by atoms with Gasteiger partial charge in [0, 0.05) is 0 Å². The number of aliphatic carboxylic acids is 1. The predicted molar refractivity (Wildman–Crippen MR) is 56.0 cm³/mol. The Morgan fingerprint density at radius 3 is 2.14 bits per heavy atom. The molecule has 2 atom stereocenters. The molecule has 0 aliphatic rings. The Hall–Kier alpha value is -1.09.